The van der Waals surface area contributed by atoms with E-state index in [1.54, 1.807) is 0 Å². The predicted molar refractivity (Wildman–Crippen MR) is 93.9 cm³/mol. The average molecular weight is 348 g/mol. The second kappa shape index (κ2) is 8.76. The number of rotatable bonds is 5. The van der Waals surface area contributed by atoms with Crippen molar-refractivity contribution in [1.29, 1.82) is 0 Å². The minimum atomic E-state index is -0.331. The first-order valence-corrected chi connectivity index (χ1v) is 9.14. The highest BCUT2D eigenvalue weighted by Crippen LogP contribution is 2.15. The molecule has 0 aromatic heterocycles. The largest absolute Gasteiger partial charge is 0.373 e. The molecule has 0 bridgehead atoms. The van der Waals surface area contributed by atoms with Gasteiger partial charge in [-0.25, -0.2) is 10.3 Å². The Morgan fingerprint density at radius 2 is 1.92 bits per heavy atom. The van der Waals surface area contributed by atoms with Gasteiger partial charge >= 0.3 is 0 Å². The molecule has 1 N–H and O–H groups in total. The lowest BCUT2D eigenvalue weighted by molar-refractivity contribution is -0.186. The molecule has 6 nitrogen and oxygen atoms in total. The normalized spacial score (nSPS) is 27.8. The van der Waals surface area contributed by atoms with Gasteiger partial charge in [0.1, 0.15) is 0 Å². The molecule has 1 aromatic carbocycles. The molecule has 0 radical (unpaired) electrons. The molecule has 3 atom stereocenters. The summed E-state index contributed by atoms with van der Waals surface area (Å²) in [5.74, 6) is -0.241. The third-order valence-corrected chi connectivity index (χ3v) is 4.54. The fourth-order valence-corrected chi connectivity index (χ4v) is 3.42. The Labute approximate surface area is 149 Å². The molecule has 2 aliphatic heterocycles. The smallest absolute Gasteiger partial charge is 0.274 e. The number of benzene rings is 1. The molecule has 2 aliphatic rings. The van der Waals surface area contributed by atoms with Gasteiger partial charge in [-0.15, -0.1) is 0 Å². The molecule has 3 rings (SSSR count). The van der Waals surface area contributed by atoms with E-state index in [1.807, 2.05) is 24.3 Å². The van der Waals surface area contributed by atoms with Gasteiger partial charge in [-0.2, -0.15) is 0 Å². The van der Waals surface area contributed by atoms with Crippen LogP contribution in [0.2, 0.25) is 0 Å². The maximum atomic E-state index is 12.2. The zero-order chi connectivity index (χ0) is 17.6. The van der Waals surface area contributed by atoms with Crippen LogP contribution in [-0.2, 0) is 20.9 Å². The highest BCUT2D eigenvalue weighted by atomic mass is 16.8. The maximum absolute atomic E-state index is 12.2. The summed E-state index contributed by atoms with van der Waals surface area (Å²) in [6, 6.07) is 7.67. The second-order valence-corrected chi connectivity index (χ2v) is 6.99. The number of nitrogens with one attached hydrogen (secondary N) is 1. The number of ether oxygens (including phenoxy) is 2. The molecule has 0 aliphatic carbocycles. The van der Waals surface area contributed by atoms with E-state index in [4.69, 9.17) is 14.3 Å². The Balaban J connectivity index is 1.48. The summed E-state index contributed by atoms with van der Waals surface area (Å²) < 4.78 is 11.2. The minimum absolute atomic E-state index is 0.241. The van der Waals surface area contributed by atoms with Crippen LogP contribution in [0.4, 0.5) is 0 Å². The molecular weight excluding hydrogens is 320 g/mol. The Hall–Kier alpha value is -1.47. The minimum Gasteiger partial charge on any atom is -0.373 e. The van der Waals surface area contributed by atoms with E-state index in [0.29, 0.717) is 12.2 Å². The van der Waals surface area contributed by atoms with E-state index in [9.17, 15) is 4.79 Å². The Morgan fingerprint density at radius 3 is 2.56 bits per heavy atom. The third-order valence-electron chi connectivity index (χ3n) is 4.54. The number of carbonyl (C=O) groups is 1. The van der Waals surface area contributed by atoms with Crippen molar-refractivity contribution in [3.8, 4) is 0 Å². The molecule has 1 amide bonds. The number of carbonyl (C=O) groups excluding carboxylic acids is 1. The number of amides is 1. The van der Waals surface area contributed by atoms with Crippen molar-refractivity contribution in [2.75, 3.05) is 19.7 Å². The van der Waals surface area contributed by atoms with Crippen LogP contribution in [0.25, 0.3) is 0 Å². The van der Waals surface area contributed by atoms with Gasteiger partial charge < -0.3 is 9.47 Å². The van der Waals surface area contributed by atoms with Gasteiger partial charge in [0.2, 0.25) is 0 Å². The van der Waals surface area contributed by atoms with Crippen LogP contribution in [0, 0.1) is 0 Å². The van der Waals surface area contributed by atoms with Gasteiger partial charge in [-0.1, -0.05) is 12.1 Å². The Bertz CT molecular complexity index is 547. The van der Waals surface area contributed by atoms with Crippen LogP contribution in [0.3, 0.4) is 0 Å². The van der Waals surface area contributed by atoms with Crippen LogP contribution >= 0.6 is 0 Å². The summed E-state index contributed by atoms with van der Waals surface area (Å²) in [4.78, 5) is 19.9. The maximum Gasteiger partial charge on any atom is 0.274 e. The lowest BCUT2D eigenvalue weighted by atomic mass is 10.1. The van der Waals surface area contributed by atoms with Gasteiger partial charge in [-0.05, 0) is 44.4 Å². The van der Waals surface area contributed by atoms with Crippen molar-refractivity contribution < 1.29 is 19.1 Å². The van der Waals surface area contributed by atoms with Gasteiger partial charge in [0.25, 0.3) is 5.91 Å². The fourth-order valence-electron chi connectivity index (χ4n) is 3.42. The summed E-state index contributed by atoms with van der Waals surface area (Å²) in [5, 5.41) is 0. The second-order valence-electron chi connectivity index (χ2n) is 6.99. The molecule has 0 saturated carbocycles. The number of hydroxylamine groups is 1. The topological polar surface area (TPSA) is 60.0 Å². The van der Waals surface area contributed by atoms with E-state index in [0.717, 1.165) is 38.9 Å². The Kier molecular flexibility index (Phi) is 6.42. The van der Waals surface area contributed by atoms with Crippen molar-refractivity contribution >= 4 is 5.91 Å². The number of nitrogens with zero attached hydrogens (tertiary/aromatic N) is 1. The monoisotopic (exact) mass is 348 g/mol. The summed E-state index contributed by atoms with van der Waals surface area (Å²) in [7, 11) is 0. The zero-order valence-electron chi connectivity index (χ0n) is 15.1. The molecule has 138 valence electrons. The third kappa shape index (κ3) is 5.51. The molecule has 0 unspecified atom stereocenters. The van der Waals surface area contributed by atoms with Crippen LogP contribution in [-0.4, -0.2) is 49.0 Å². The predicted octanol–water partition coefficient (Wildman–Crippen LogP) is 2.48. The zero-order valence-corrected chi connectivity index (χ0v) is 15.1. The van der Waals surface area contributed by atoms with E-state index < -0.39 is 0 Å². The summed E-state index contributed by atoms with van der Waals surface area (Å²) in [5.41, 5.74) is 4.27. The van der Waals surface area contributed by atoms with Crippen LogP contribution in [0.15, 0.2) is 24.3 Å². The molecule has 0 spiro atoms. The molecule has 2 saturated heterocycles. The highest BCUT2D eigenvalue weighted by molar-refractivity contribution is 5.93. The summed E-state index contributed by atoms with van der Waals surface area (Å²) in [6.07, 6.45) is 3.11. The van der Waals surface area contributed by atoms with Gasteiger partial charge in [0.15, 0.2) is 6.29 Å². The Morgan fingerprint density at radius 1 is 1.20 bits per heavy atom. The van der Waals surface area contributed by atoms with Crippen molar-refractivity contribution in [3.63, 3.8) is 0 Å². The lowest BCUT2D eigenvalue weighted by Gasteiger charge is -2.35. The van der Waals surface area contributed by atoms with Crippen molar-refractivity contribution in [2.45, 2.75) is 58.2 Å². The van der Waals surface area contributed by atoms with Crippen molar-refractivity contribution in [1.82, 2.24) is 10.4 Å². The molecule has 1 aromatic rings. The standard InChI is InChI=1S/C19H28N2O4/c1-14-11-21(12-15(2)24-14)13-16-6-8-17(9-7-16)19(22)20-25-18-5-3-4-10-23-18/h6-9,14-15,18H,3-5,10-13H2,1-2H3,(H,20,22)/t14-,15+,18-/m1/s1. The number of hydrogen-bond donors (Lipinski definition) is 1. The van der Waals surface area contributed by atoms with Crippen LogP contribution in [0.5, 0.6) is 0 Å². The first kappa shape index (κ1) is 18.3. The average Bonchev–Trinajstić information content (AvgIpc) is 2.60. The van der Waals surface area contributed by atoms with Gasteiger partial charge in [0, 0.05) is 38.2 Å². The van der Waals surface area contributed by atoms with Crippen molar-refractivity contribution in [3.05, 3.63) is 35.4 Å². The summed E-state index contributed by atoms with van der Waals surface area (Å²) >= 11 is 0. The van der Waals surface area contributed by atoms with E-state index in [1.165, 1.54) is 5.56 Å². The van der Waals surface area contributed by atoms with E-state index >= 15 is 0 Å². The SMILES string of the molecule is C[C@@H]1CN(Cc2ccc(C(=O)NO[C@@H]3CCCCO3)cc2)C[C@H](C)O1. The number of morpholine rings is 1. The number of hydrogen-bond acceptors (Lipinski definition) is 5. The molecule has 6 heteroatoms. The lowest BCUT2D eigenvalue weighted by Crippen LogP contribution is -2.44. The van der Waals surface area contributed by atoms with E-state index in [-0.39, 0.29) is 24.4 Å². The molecule has 25 heavy (non-hydrogen) atoms. The van der Waals surface area contributed by atoms with Crippen LogP contribution < -0.4 is 5.48 Å². The molecular formula is C19H28N2O4. The van der Waals surface area contributed by atoms with Gasteiger partial charge in [0.05, 0.1) is 12.2 Å². The van der Waals surface area contributed by atoms with Gasteiger partial charge in [-0.3, -0.25) is 9.69 Å². The summed E-state index contributed by atoms with van der Waals surface area (Å²) in [6.45, 7) is 7.63. The molecule has 2 heterocycles. The first-order chi connectivity index (χ1) is 12.1. The quantitative estimate of drug-likeness (QED) is 0.829. The first-order valence-electron chi connectivity index (χ1n) is 9.14. The fraction of sp³-hybridized carbons (Fsp3) is 0.632. The highest BCUT2D eigenvalue weighted by Gasteiger charge is 2.22. The molecule has 2 fully saturated rings. The van der Waals surface area contributed by atoms with Crippen molar-refractivity contribution in [2.24, 2.45) is 0 Å². The van der Waals surface area contributed by atoms with E-state index in [2.05, 4.69) is 24.2 Å². The van der Waals surface area contributed by atoms with Crippen LogP contribution in [0.1, 0.15) is 49.0 Å².